The van der Waals surface area contributed by atoms with Crippen LogP contribution in [0.15, 0.2) is 40.6 Å². The lowest BCUT2D eigenvalue weighted by Crippen LogP contribution is -2.55. The lowest BCUT2D eigenvalue weighted by Gasteiger charge is -2.31. The number of likely N-dealkylation sites (tertiary alicyclic amines) is 1. The van der Waals surface area contributed by atoms with E-state index in [-0.39, 0.29) is 12.5 Å². The molecule has 0 saturated carbocycles. The molecule has 140 valence electrons. The SMILES string of the molecule is COC(=O)C1(CN2CCCC2=O)N=NC2C(=O)N(c3ccccc3)C(=O)C21. The molecule has 3 unspecified atom stereocenters. The van der Waals surface area contributed by atoms with Gasteiger partial charge in [-0.15, -0.1) is 0 Å². The number of ether oxygens (including phenoxy) is 1. The third-order valence-corrected chi connectivity index (χ3v) is 5.31. The number of methoxy groups -OCH3 is 1. The van der Waals surface area contributed by atoms with Crippen molar-refractivity contribution < 1.29 is 23.9 Å². The molecule has 1 aromatic rings. The number of para-hydroxylation sites is 1. The molecule has 3 heterocycles. The largest absolute Gasteiger partial charge is 0.467 e. The maximum atomic E-state index is 13.2. The van der Waals surface area contributed by atoms with Gasteiger partial charge in [0.1, 0.15) is 5.92 Å². The molecule has 2 fully saturated rings. The molecular formula is C18H18N4O5. The Bertz CT molecular complexity index is 855. The third kappa shape index (κ3) is 2.45. The number of nitrogens with zero attached hydrogens (tertiary/aromatic N) is 4. The topological polar surface area (TPSA) is 109 Å². The van der Waals surface area contributed by atoms with E-state index in [4.69, 9.17) is 4.74 Å². The van der Waals surface area contributed by atoms with E-state index in [9.17, 15) is 19.2 Å². The number of carbonyl (C=O) groups excluding carboxylic acids is 4. The maximum Gasteiger partial charge on any atom is 0.338 e. The normalized spacial score (nSPS) is 29.6. The van der Waals surface area contributed by atoms with Crippen molar-refractivity contribution in [3.05, 3.63) is 30.3 Å². The minimum Gasteiger partial charge on any atom is -0.467 e. The molecule has 1 aromatic carbocycles. The Morgan fingerprint density at radius 1 is 1.22 bits per heavy atom. The molecule has 27 heavy (non-hydrogen) atoms. The van der Waals surface area contributed by atoms with E-state index >= 15 is 0 Å². The first-order valence-electron chi connectivity index (χ1n) is 8.70. The Balaban J connectivity index is 1.73. The van der Waals surface area contributed by atoms with Gasteiger partial charge < -0.3 is 9.64 Å². The van der Waals surface area contributed by atoms with Crippen LogP contribution in [0.2, 0.25) is 0 Å². The highest BCUT2D eigenvalue weighted by Crippen LogP contribution is 2.43. The van der Waals surface area contributed by atoms with Crippen molar-refractivity contribution >= 4 is 29.4 Å². The van der Waals surface area contributed by atoms with Crippen molar-refractivity contribution in [1.29, 1.82) is 0 Å². The first kappa shape index (κ1) is 17.3. The second-order valence-corrected chi connectivity index (χ2v) is 6.82. The van der Waals surface area contributed by atoms with Crippen molar-refractivity contribution in [2.75, 3.05) is 25.1 Å². The molecule has 9 nitrogen and oxygen atoms in total. The van der Waals surface area contributed by atoms with E-state index in [0.717, 1.165) is 4.90 Å². The summed E-state index contributed by atoms with van der Waals surface area (Å²) in [5.74, 6) is -3.09. The molecule has 3 amide bonds. The quantitative estimate of drug-likeness (QED) is 0.568. The fourth-order valence-corrected chi connectivity index (χ4v) is 4.00. The van der Waals surface area contributed by atoms with Gasteiger partial charge in [0.25, 0.3) is 5.91 Å². The lowest BCUT2D eigenvalue weighted by atomic mass is 9.81. The summed E-state index contributed by atoms with van der Waals surface area (Å²) in [6, 6.07) is 7.38. The molecule has 3 atom stereocenters. The number of esters is 1. The molecule has 2 saturated heterocycles. The molecule has 0 aliphatic carbocycles. The number of benzene rings is 1. The monoisotopic (exact) mass is 370 g/mol. The van der Waals surface area contributed by atoms with E-state index in [1.165, 1.54) is 12.0 Å². The fourth-order valence-electron chi connectivity index (χ4n) is 4.00. The van der Waals surface area contributed by atoms with Crippen molar-refractivity contribution in [2.24, 2.45) is 16.1 Å². The summed E-state index contributed by atoms with van der Waals surface area (Å²) >= 11 is 0. The van der Waals surface area contributed by atoms with Gasteiger partial charge in [0.05, 0.1) is 19.3 Å². The number of fused-ring (bicyclic) bond motifs is 1. The van der Waals surface area contributed by atoms with Crippen LogP contribution in [0.5, 0.6) is 0 Å². The van der Waals surface area contributed by atoms with Gasteiger partial charge in [0.2, 0.25) is 17.4 Å². The van der Waals surface area contributed by atoms with Gasteiger partial charge in [-0.05, 0) is 18.6 Å². The Morgan fingerprint density at radius 3 is 2.59 bits per heavy atom. The van der Waals surface area contributed by atoms with Crippen LogP contribution in [-0.2, 0) is 23.9 Å². The Kier molecular flexibility index (Phi) is 4.01. The van der Waals surface area contributed by atoms with E-state index in [1.807, 2.05) is 0 Å². The second-order valence-electron chi connectivity index (χ2n) is 6.82. The van der Waals surface area contributed by atoms with Crippen molar-refractivity contribution in [1.82, 2.24) is 4.90 Å². The number of imide groups is 1. The van der Waals surface area contributed by atoms with Crippen LogP contribution in [-0.4, -0.2) is 60.4 Å². The van der Waals surface area contributed by atoms with E-state index < -0.39 is 35.3 Å². The van der Waals surface area contributed by atoms with Crippen LogP contribution in [0.25, 0.3) is 0 Å². The molecule has 0 aromatic heterocycles. The summed E-state index contributed by atoms with van der Waals surface area (Å²) in [7, 11) is 1.19. The summed E-state index contributed by atoms with van der Waals surface area (Å²) in [6.45, 7) is 0.347. The number of hydrogen-bond acceptors (Lipinski definition) is 7. The Morgan fingerprint density at radius 2 is 1.96 bits per heavy atom. The summed E-state index contributed by atoms with van der Waals surface area (Å²) in [5, 5.41) is 8.01. The fraction of sp³-hybridized carbons (Fsp3) is 0.444. The highest BCUT2D eigenvalue weighted by atomic mass is 16.5. The molecule has 3 aliphatic heterocycles. The highest BCUT2D eigenvalue weighted by Gasteiger charge is 2.67. The van der Waals surface area contributed by atoms with Gasteiger partial charge in [-0.1, -0.05) is 18.2 Å². The van der Waals surface area contributed by atoms with Gasteiger partial charge in [0, 0.05) is 13.0 Å². The van der Waals surface area contributed by atoms with Crippen molar-refractivity contribution in [3.63, 3.8) is 0 Å². The molecule has 0 spiro atoms. The van der Waals surface area contributed by atoms with E-state index in [0.29, 0.717) is 25.1 Å². The molecule has 0 radical (unpaired) electrons. The van der Waals surface area contributed by atoms with Crippen molar-refractivity contribution in [2.45, 2.75) is 24.4 Å². The summed E-state index contributed by atoms with van der Waals surface area (Å²) in [6.07, 6.45) is 1.05. The van der Waals surface area contributed by atoms with Gasteiger partial charge >= 0.3 is 5.97 Å². The number of carbonyl (C=O) groups is 4. The number of amides is 3. The zero-order valence-corrected chi connectivity index (χ0v) is 14.7. The zero-order valence-electron chi connectivity index (χ0n) is 14.7. The molecule has 9 heteroatoms. The number of azo groups is 1. The predicted octanol–water partition coefficient (Wildman–Crippen LogP) is 0.545. The van der Waals surface area contributed by atoms with E-state index in [2.05, 4.69) is 10.2 Å². The average molecular weight is 370 g/mol. The predicted molar refractivity (Wildman–Crippen MR) is 91.6 cm³/mol. The standard InChI is InChI=1S/C18H18N4O5/c1-27-17(26)18(10-21-9-5-8-12(21)23)13-14(19-20-18)16(25)22(15(13)24)11-6-3-2-4-7-11/h2-4,6-7,13-14H,5,8-10H2,1H3. The summed E-state index contributed by atoms with van der Waals surface area (Å²) in [5.41, 5.74) is -1.29. The maximum absolute atomic E-state index is 13.2. The summed E-state index contributed by atoms with van der Waals surface area (Å²) in [4.78, 5) is 53.3. The minimum absolute atomic E-state index is 0.117. The first-order valence-corrected chi connectivity index (χ1v) is 8.70. The number of rotatable bonds is 4. The smallest absolute Gasteiger partial charge is 0.338 e. The number of anilines is 1. The molecule has 0 N–H and O–H groups in total. The van der Waals surface area contributed by atoms with Gasteiger partial charge in [0.15, 0.2) is 6.04 Å². The lowest BCUT2D eigenvalue weighted by molar-refractivity contribution is -0.152. The molecule has 4 rings (SSSR count). The van der Waals surface area contributed by atoms with Crippen LogP contribution < -0.4 is 4.90 Å². The summed E-state index contributed by atoms with van der Waals surface area (Å²) < 4.78 is 4.90. The highest BCUT2D eigenvalue weighted by molar-refractivity contribution is 6.25. The Hall–Kier alpha value is -3.10. The Labute approximate surface area is 155 Å². The second kappa shape index (κ2) is 6.26. The van der Waals surface area contributed by atoms with Crippen LogP contribution in [0.3, 0.4) is 0 Å². The van der Waals surface area contributed by atoms with Crippen LogP contribution >= 0.6 is 0 Å². The molecular weight excluding hydrogens is 352 g/mol. The number of hydrogen-bond donors (Lipinski definition) is 0. The third-order valence-electron chi connectivity index (χ3n) is 5.31. The zero-order chi connectivity index (χ0) is 19.2. The van der Waals surface area contributed by atoms with Crippen molar-refractivity contribution in [3.8, 4) is 0 Å². The van der Waals surface area contributed by atoms with Crippen LogP contribution in [0, 0.1) is 5.92 Å². The molecule has 0 bridgehead atoms. The minimum atomic E-state index is -1.70. The van der Waals surface area contributed by atoms with Gasteiger partial charge in [-0.3, -0.25) is 14.4 Å². The van der Waals surface area contributed by atoms with Gasteiger partial charge in [-0.2, -0.15) is 10.2 Å². The van der Waals surface area contributed by atoms with Crippen LogP contribution in [0.1, 0.15) is 12.8 Å². The van der Waals surface area contributed by atoms with Crippen LogP contribution in [0.4, 0.5) is 5.69 Å². The van der Waals surface area contributed by atoms with Gasteiger partial charge in [-0.25, -0.2) is 9.69 Å². The average Bonchev–Trinajstić information content (AvgIpc) is 3.33. The first-order chi connectivity index (χ1) is 13.0. The van der Waals surface area contributed by atoms with E-state index in [1.54, 1.807) is 30.3 Å². The molecule has 3 aliphatic rings.